The van der Waals surface area contributed by atoms with Crippen molar-refractivity contribution in [3.05, 3.63) is 0 Å². The lowest BCUT2D eigenvalue weighted by molar-refractivity contribution is 0.188. The Hall–Kier alpha value is 0.660. The van der Waals surface area contributed by atoms with Gasteiger partial charge in [0.2, 0.25) is 0 Å². The largest absolute Gasteiger partial charge is 0.301 e. The van der Waals surface area contributed by atoms with Gasteiger partial charge in [-0.2, -0.15) is 0 Å². The van der Waals surface area contributed by atoms with Crippen LogP contribution < -0.4 is 0 Å². The second-order valence-corrected chi connectivity index (χ2v) is 4.94. The highest BCUT2D eigenvalue weighted by Crippen LogP contribution is 2.26. The molecule has 1 heterocycles. The first kappa shape index (κ1) is 9.75. The highest BCUT2D eigenvalue weighted by atomic mass is 33.1. The van der Waals surface area contributed by atoms with E-state index in [0.29, 0.717) is 0 Å². The third kappa shape index (κ3) is 2.88. The molecule has 0 atom stereocenters. The summed E-state index contributed by atoms with van der Waals surface area (Å²) < 4.78 is 0. The number of likely N-dealkylation sites (tertiary alicyclic amines) is 1. The van der Waals surface area contributed by atoms with E-state index in [0.717, 1.165) is 11.3 Å². The smallest absolute Gasteiger partial charge is 0.0173 e. The van der Waals surface area contributed by atoms with Crippen LogP contribution in [0.3, 0.4) is 0 Å². The van der Waals surface area contributed by atoms with Gasteiger partial charge in [-0.15, -0.1) is 11.7 Å². The zero-order valence-electron chi connectivity index (χ0n) is 7.29. The second-order valence-electron chi connectivity index (χ2n) is 3.43. The summed E-state index contributed by atoms with van der Waals surface area (Å²) in [4.78, 5) is 2.54. The molecular formula is C8H17NS2. The SMILES string of the molecule is CC(C)N1CCC(SS)CC1. The van der Waals surface area contributed by atoms with Gasteiger partial charge in [-0.3, -0.25) is 0 Å². The van der Waals surface area contributed by atoms with Gasteiger partial charge in [0.1, 0.15) is 0 Å². The molecule has 0 aliphatic carbocycles. The summed E-state index contributed by atoms with van der Waals surface area (Å²) in [5.41, 5.74) is 0. The Morgan fingerprint density at radius 1 is 1.36 bits per heavy atom. The van der Waals surface area contributed by atoms with Gasteiger partial charge in [-0.25, -0.2) is 0 Å². The fourth-order valence-electron chi connectivity index (χ4n) is 1.50. The summed E-state index contributed by atoms with van der Waals surface area (Å²) in [6, 6.07) is 0.723. The van der Waals surface area contributed by atoms with Gasteiger partial charge in [0.05, 0.1) is 0 Å². The lowest BCUT2D eigenvalue weighted by Crippen LogP contribution is -2.39. The van der Waals surface area contributed by atoms with E-state index < -0.39 is 0 Å². The maximum absolute atomic E-state index is 4.24. The van der Waals surface area contributed by atoms with Gasteiger partial charge in [0.15, 0.2) is 0 Å². The van der Waals surface area contributed by atoms with Gasteiger partial charge >= 0.3 is 0 Å². The number of hydrogen-bond donors (Lipinski definition) is 1. The van der Waals surface area contributed by atoms with E-state index in [2.05, 4.69) is 30.4 Å². The molecule has 0 unspecified atom stereocenters. The third-order valence-corrected chi connectivity index (χ3v) is 4.02. The molecule has 1 fully saturated rings. The summed E-state index contributed by atoms with van der Waals surface area (Å²) >= 11 is 4.24. The first-order chi connectivity index (χ1) is 5.24. The zero-order chi connectivity index (χ0) is 8.27. The Morgan fingerprint density at radius 3 is 2.27 bits per heavy atom. The molecule has 0 amide bonds. The van der Waals surface area contributed by atoms with E-state index in [-0.39, 0.29) is 0 Å². The molecule has 0 aromatic rings. The first-order valence-corrected chi connectivity index (χ1v) is 6.21. The Morgan fingerprint density at radius 2 is 1.91 bits per heavy atom. The van der Waals surface area contributed by atoms with Gasteiger partial charge in [0, 0.05) is 11.3 Å². The lowest BCUT2D eigenvalue weighted by atomic mass is 10.1. The highest BCUT2D eigenvalue weighted by Gasteiger charge is 2.19. The predicted octanol–water partition coefficient (Wildman–Crippen LogP) is 2.44. The number of piperidine rings is 1. The Kier molecular flexibility index (Phi) is 4.10. The van der Waals surface area contributed by atoms with Crippen LogP contribution in [0.15, 0.2) is 0 Å². The first-order valence-electron chi connectivity index (χ1n) is 4.28. The maximum atomic E-state index is 4.24. The van der Waals surface area contributed by atoms with Crippen molar-refractivity contribution < 1.29 is 0 Å². The highest BCUT2D eigenvalue weighted by molar-refractivity contribution is 8.68. The van der Waals surface area contributed by atoms with Gasteiger partial charge in [-0.1, -0.05) is 10.8 Å². The molecule has 1 saturated heterocycles. The molecule has 3 heteroatoms. The quantitative estimate of drug-likeness (QED) is 0.527. The molecule has 11 heavy (non-hydrogen) atoms. The fraction of sp³-hybridized carbons (Fsp3) is 1.00. The van der Waals surface area contributed by atoms with Crippen LogP contribution in [0.1, 0.15) is 26.7 Å². The average Bonchev–Trinajstić information content (AvgIpc) is 2.05. The van der Waals surface area contributed by atoms with Crippen LogP contribution in [0.4, 0.5) is 0 Å². The molecule has 1 nitrogen and oxygen atoms in total. The number of rotatable bonds is 2. The van der Waals surface area contributed by atoms with Crippen LogP contribution in [-0.2, 0) is 0 Å². The predicted molar refractivity (Wildman–Crippen MR) is 56.3 cm³/mol. The Bertz CT molecular complexity index is 109. The summed E-state index contributed by atoms with van der Waals surface area (Å²) in [5, 5.41) is 0.799. The van der Waals surface area contributed by atoms with Crippen molar-refractivity contribution in [1.29, 1.82) is 0 Å². The van der Waals surface area contributed by atoms with Crippen LogP contribution >= 0.6 is 22.5 Å². The molecule has 0 N–H and O–H groups in total. The maximum Gasteiger partial charge on any atom is 0.0173 e. The summed E-state index contributed by atoms with van der Waals surface area (Å²) in [6.45, 7) is 7.06. The minimum absolute atomic E-state index is 0.723. The lowest BCUT2D eigenvalue weighted by Gasteiger charge is -2.33. The zero-order valence-corrected chi connectivity index (χ0v) is 9.00. The Balaban J connectivity index is 2.24. The van der Waals surface area contributed by atoms with E-state index in [1.807, 2.05) is 0 Å². The fourth-order valence-corrected chi connectivity index (χ4v) is 2.55. The van der Waals surface area contributed by atoms with Crippen LogP contribution in [0.5, 0.6) is 0 Å². The molecule has 0 bridgehead atoms. The standard InChI is InChI=1S/C8H17NS2/c1-7(2)9-5-3-8(11-10)4-6-9/h7-8,10H,3-6H2,1-2H3. The number of nitrogens with zero attached hydrogens (tertiary/aromatic N) is 1. The molecule has 1 rings (SSSR count). The third-order valence-electron chi connectivity index (χ3n) is 2.36. The minimum Gasteiger partial charge on any atom is -0.301 e. The van der Waals surface area contributed by atoms with Crippen LogP contribution in [0.25, 0.3) is 0 Å². The van der Waals surface area contributed by atoms with E-state index in [9.17, 15) is 0 Å². The molecule has 0 aromatic carbocycles. The van der Waals surface area contributed by atoms with E-state index in [4.69, 9.17) is 0 Å². The second kappa shape index (κ2) is 4.63. The van der Waals surface area contributed by atoms with Crippen LogP contribution in [0, 0.1) is 0 Å². The monoisotopic (exact) mass is 191 g/mol. The Labute approximate surface area is 78.7 Å². The van der Waals surface area contributed by atoms with Gasteiger partial charge in [-0.05, 0) is 39.8 Å². The molecule has 0 aromatic heterocycles. The van der Waals surface area contributed by atoms with Crippen molar-refractivity contribution in [3.63, 3.8) is 0 Å². The number of hydrogen-bond acceptors (Lipinski definition) is 3. The molecule has 0 spiro atoms. The van der Waals surface area contributed by atoms with Crippen molar-refractivity contribution in [1.82, 2.24) is 4.90 Å². The molecule has 0 radical (unpaired) electrons. The van der Waals surface area contributed by atoms with Crippen molar-refractivity contribution in [2.24, 2.45) is 0 Å². The average molecular weight is 191 g/mol. The molecular weight excluding hydrogens is 174 g/mol. The van der Waals surface area contributed by atoms with Gasteiger partial charge in [0.25, 0.3) is 0 Å². The number of thiol groups is 1. The topological polar surface area (TPSA) is 3.24 Å². The molecule has 1 aliphatic heterocycles. The van der Waals surface area contributed by atoms with E-state index in [1.165, 1.54) is 25.9 Å². The minimum atomic E-state index is 0.723. The van der Waals surface area contributed by atoms with Gasteiger partial charge < -0.3 is 4.90 Å². The van der Waals surface area contributed by atoms with Crippen LogP contribution in [-0.4, -0.2) is 29.3 Å². The van der Waals surface area contributed by atoms with E-state index in [1.54, 1.807) is 10.8 Å². The van der Waals surface area contributed by atoms with Crippen molar-refractivity contribution in [3.8, 4) is 0 Å². The van der Waals surface area contributed by atoms with Crippen molar-refractivity contribution >= 4 is 22.5 Å². The summed E-state index contributed by atoms with van der Waals surface area (Å²) in [5.74, 6) is 0. The normalized spacial score (nSPS) is 22.9. The molecule has 66 valence electrons. The van der Waals surface area contributed by atoms with E-state index >= 15 is 0 Å². The molecule has 1 aliphatic rings. The summed E-state index contributed by atoms with van der Waals surface area (Å²) in [6.07, 6.45) is 2.62. The van der Waals surface area contributed by atoms with Crippen molar-refractivity contribution in [2.45, 2.75) is 38.0 Å². The summed E-state index contributed by atoms with van der Waals surface area (Å²) in [7, 11) is 1.73. The molecule has 0 saturated carbocycles. The van der Waals surface area contributed by atoms with Crippen LogP contribution in [0.2, 0.25) is 0 Å². The van der Waals surface area contributed by atoms with Crippen molar-refractivity contribution in [2.75, 3.05) is 13.1 Å².